The average molecular weight is 235 g/mol. The number of aryl methyl sites for hydroxylation is 1. The maximum atomic E-state index is 11.7. The molecule has 5 nitrogen and oxygen atoms in total. The third kappa shape index (κ3) is 1.87. The number of aliphatic hydroxyl groups is 2. The Morgan fingerprint density at radius 3 is 2.47 bits per heavy atom. The molecule has 2 N–H and O–H groups in total. The highest BCUT2D eigenvalue weighted by molar-refractivity contribution is 6.17. The number of hydrogen-bond donors (Lipinski definition) is 2. The van der Waals surface area contributed by atoms with E-state index in [0.29, 0.717) is 12.1 Å². The third-order valence-electron chi connectivity index (χ3n) is 2.79. The van der Waals surface area contributed by atoms with Crippen LogP contribution in [0.5, 0.6) is 0 Å². The van der Waals surface area contributed by atoms with Crippen molar-refractivity contribution in [2.45, 2.75) is 32.0 Å². The van der Waals surface area contributed by atoms with Gasteiger partial charge in [-0.15, -0.1) is 0 Å². The third-order valence-corrected chi connectivity index (χ3v) is 2.79. The van der Waals surface area contributed by atoms with Gasteiger partial charge < -0.3 is 10.2 Å². The average Bonchev–Trinajstić information content (AvgIpc) is 2.34. The highest BCUT2D eigenvalue weighted by atomic mass is 16.3. The van der Waals surface area contributed by atoms with Gasteiger partial charge in [-0.25, -0.2) is 4.98 Å². The first-order valence-electron chi connectivity index (χ1n) is 5.50. The summed E-state index contributed by atoms with van der Waals surface area (Å²) in [4.78, 5) is 27.4. The van der Waals surface area contributed by atoms with Crippen LogP contribution in [0.4, 0.5) is 0 Å². The quantitative estimate of drug-likeness (QED) is 0.761. The monoisotopic (exact) mass is 235 g/mol. The van der Waals surface area contributed by atoms with Crippen molar-refractivity contribution < 1.29 is 19.8 Å². The number of nitrogens with zero attached hydrogens (tertiary/aromatic N) is 1. The first kappa shape index (κ1) is 11.9. The summed E-state index contributed by atoms with van der Waals surface area (Å²) in [5, 5.41) is 18.8. The fraction of sp³-hybridized carbons (Fsp3) is 0.417. The highest BCUT2D eigenvalue weighted by Gasteiger charge is 2.40. The molecule has 2 atom stereocenters. The number of pyridine rings is 1. The molecule has 0 spiro atoms. The van der Waals surface area contributed by atoms with E-state index in [-0.39, 0.29) is 11.3 Å². The van der Waals surface area contributed by atoms with Crippen LogP contribution >= 0.6 is 0 Å². The Hall–Kier alpha value is -1.59. The van der Waals surface area contributed by atoms with Crippen molar-refractivity contribution >= 4 is 11.6 Å². The van der Waals surface area contributed by atoms with Gasteiger partial charge in [-0.2, -0.15) is 0 Å². The molecule has 0 amide bonds. The van der Waals surface area contributed by atoms with E-state index in [1.165, 1.54) is 6.07 Å². The van der Waals surface area contributed by atoms with Crippen LogP contribution in [-0.2, 0) is 6.42 Å². The molecule has 0 radical (unpaired) electrons. The lowest BCUT2D eigenvalue weighted by molar-refractivity contribution is 0.0179. The van der Waals surface area contributed by atoms with Crippen LogP contribution in [0, 0.1) is 0 Å². The van der Waals surface area contributed by atoms with Gasteiger partial charge in [0, 0.05) is 11.3 Å². The predicted molar refractivity (Wildman–Crippen MR) is 58.9 cm³/mol. The normalized spacial score (nSPS) is 23.7. The van der Waals surface area contributed by atoms with E-state index in [1.807, 2.05) is 6.92 Å². The number of aliphatic hydroxyl groups excluding tert-OH is 2. The second-order valence-electron chi connectivity index (χ2n) is 4.07. The molecule has 5 heteroatoms. The lowest BCUT2D eigenvalue weighted by Gasteiger charge is -2.22. The molecule has 0 saturated carbocycles. The number of rotatable bonds is 2. The molecular weight excluding hydrogens is 222 g/mol. The van der Waals surface area contributed by atoms with E-state index in [0.717, 1.165) is 6.42 Å². The minimum Gasteiger partial charge on any atom is -0.382 e. The standard InChI is InChI=1S/C12H13NO4/c1-2-3-6-4-5-7-8(13-6)10(15)12(17)11(16)9(7)14/h4-5,11-12,16-17H,2-3H2,1H3. The van der Waals surface area contributed by atoms with E-state index in [2.05, 4.69) is 4.98 Å². The van der Waals surface area contributed by atoms with Crippen molar-refractivity contribution in [3.63, 3.8) is 0 Å². The van der Waals surface area contributed by atoms with Crippen molar-refractivity contribution in [3.8, 4) is 0 Å². The Morgan fingerprint density at radius 2 is 1.82 bits per heavy atom. The van der Waals surface area contributed by atoms with E-state index in [9.17, 15) is 19.8 Å². The van der Waals surface area contributed by atoms with Gasteiger partial charge in [0.1, 0.15) is 5.69 Å². The molecule has 1 aliphatic rings. The summed E-state index contributed by atoms with van der Waals surface area (Å²) < 4.78 is 0. The molecule has 0 fully saturated rings. The summed E-state index contributed by atoms with van der Waals surface area (Å²) in [6, 6.07) is 3.15. The summed E-state index contributed by atoms with van der Waals surface area (Å²) in [6.45, 7) is 1.98. The number of carbonyl (C=O) groups is 2. The molecule has 1 heterocycles. The molecule has 1 aliphatic carbocycles. The van der Waals surface area contributed by atoms with Crippen LogP contribution in [0.3, 0.4) is 0 Å². The Morgan fingerprint density at radius 1 is 1.18 bits per heavy atom. The molecule has 1 aromatic heterocycles. The summed E-state index contributed by atoms with van der Waals surface area (Å²) in [5.41, 5.74) is 0.766. The van der Waals surface area contributed by atoms with Crippen LogP contribution in [-0.4, -0.2) is 39.0 Å². The number of aromatic nitrogens is 1. The maximum absolute atomic E-state index is 11.7. The Kier molecular flexibility index (Phi) is 3.04. The van der Waals surface area contributed by atoms with Gasteiger partial charge in [0.25, 0.3) is 0 Å². The molecule has 0 aromatic carbocycles. The van der Waals surface area contributed by atoms with Gasteiger partial charge >= 0.3 is 0 Å². The fourth-order valence-corrected chi connectivity index (χ4v) is 1.87. The second kappa shape index (κ2) is 4.35. The minimum atomic E-state index is -1.70. The molecule has 1 aromatic rings. The Labute approximate surface area is 98.1 Å². The maximum Gasteiger partial charge on any atom is 0.213 e. The van der Waals surface area contributed by atoms with Crippen molar-refractivity contribution in [2.75, 3.05) is 0 Å². The second-order valence-corrected chi connectivity index (χ2v) is 4.07. The van der Waals surface area contributed by atoms with E-state index >= 15 is 0 Å². The van der Waals surface area contributed by atoms with Gasteiger partial charge in [0.2, 0.25) is 5.78 Å². The van der Waals surface area contributed by atoms with Crippen molar-refractivity contribution in [3.05, 3.63) is 29.1 Å². The van der Waals surface area contributed by atoms with Crippen molar-refractivity contribution in [1.29, 1.82) is 0 Å². The summed E-state index contributed by atoms with van der Waals surface area (Å²) in [5.74, 6) is -1.34. The smallest absolute Gasteiger partial charge is 0.213 e. The molecular formula is C12H13NO4. The summed E-state index contributed by atoms with van der Waals surface area (Å²) in [7, 11) is 0. The molecule has 0 aliphatic heterocycles. The summed E-state index contributed by atoms with van der Waals surface area (Å²) in [6.07, 6.45) is -1.79. The topological polar surface area (TPSA) is 87.5 Å². The zero-order valence-electron chi connectivity index (χ0n) is 9.38. The van der Waals surface area contributed by atoms with Crippen LogP contribution in [0.1, 0.15) is 39.9 Å². The largest absolute Gasteiger partial charge is 0.382 e. The summed E-state index contributed by atoms with van der Waals surface area (Å²) >= 11 is 0. The van der Waals surface area contributed by atoms with Gasteiger partial charge in [0.05, 0.1) is 0 Å². The van der Waals surface area contributed by atoms with Gasteiger partial charge in [0.15, 0.2) is 18.0 Å². The molecule has 2 unspecified atom stereocenters. The molecule has 90 valence electrons. The highest BCUT2D eigenvalue weighted by Crippen LogP contribution is 2.21. The van der Waals surface area contributed by atoms with E-state index in [1.54, 1.807) is 6.07 Å². The van der Waals surface area contributed by atoms with Crippen LogP contribution in [0.25, 0.3) is 0 Å². The van der Waals surface area contributed by atoms with Crippen LogP contribution in [0.15, 0.2) is 12.1 Å². The van der Waals surface area contributed by atoms with Gasteiger partial charge in [-0.1, -0.05) is 13.3 Å². The van der Waals surface area contributed by atoms with Crippen LogP contribution in [0.2, 0.25) is 0 Å². The van der Waals surface area contributed by atoms with Crippen LogP contribution < -0.4 is 0 Å². The predicted octanol–water partition coefficient (Wildman–Crippen LogP) is 0.135. The fourth-order valence-electron chi connectivity index (χ4n) is 1.87. The van der Waals surface area contributed by atoms with Gasteiger partial charge in [-0.3, -0.25) is 9.59 Å². The zero-order valence-corrected chi connectivity index (χ0v) is 9.38. The Bertz CT molecular complexity index is 483. The molecule has 0 bridgehead atoms. The molecule has 2 rings (SSSR count). The molecule has 0 saturated heterocycles. The van der Waals surface area contributed by atoms with E-state index < -0.39 is 23.8 Å². The number of Topliss-reactive ketones (excluding diaryl/α,β-unsaturated/α-hetero) is 2. The molecule has 17 heavy (non-hydrogen) atoms. The SMILES string of the molecule is CCCc1ccc2c(n1)C(=O)C(O)C(O)C2=O. The number of ketones is 2. The lowest BCUT2D eigenvalue weighted by Crippen LogP contribution is -2.45. The first-order valence-corrected chi connectivity index (χ1v) is 5.50. The Balaban J connectivity index is 2.50. The van der Waals surface area contributed by atoms with Crippen molar-refractivity contribution in [1.82, 2.24) is 4.98 Å². The zero-order chi connectivity index (χ0) is 12.6. The number of fused-ring (bicyclic) bond motifs is 1. The first-order chi connectivity index (χ1) is 8.06. The lowest BCUT2D eigenvalue weighted by atomic mass is 9.89. The number of hydrogen-bond acceptors (Lipinski definition) is 5. The van der Waals surface area contributed by atoms with Crippen molar-refractivity contribution in [2.24, 2.45) is 0 Å². The minimum absolute atomic E-state index is 0.0289. The number of carbonyl (C=O) groups excluding carboxylic acids is 2. The van der Waals surface area contributed by atoms with E-state index in [4.69, 9.17) is 0 Å². The van der Waals surface area contributed by atoms with Gasteiger partial charge in [-0.05, 0) is 18.6 Å².